The fourth-order valence-electron chi connectivity index (χ4n) is 2.79. The molecule has 8 heteroatoms. The minimum atomic E-state index is -3.71. The molecule has 118 valence electrons. The second-order valence-electron chi connectivity index (χ2n) is 5.77. The molecule has 1 fully saturated rings. The molecule has 1 N–H and O–H groups in total. The first-order chi connectivity index (χ1) is 9.63. The maximum Gasteiger partial charge on any atom is 0.310 e. The van der Waals surface area contributed by atoms with E-state index in [1.165, 1.54) is 4.31 Å². The lowest BCUT2D eigenvalue weighted by atomic mass is 9.90. The Morgan fingerprint density at radius 2 is 2.05 bits per heavy atom. The van der Waals surface area contributed by atoms with Crippen molar-refractivity contribution in [3.63, 3.8) is 0 Å². The molecular formula is C13H21N3O4S. The summed E-state index contributed by atoms with van der Waals surface area (Å²) in [7, 11) is -3.71. The quantitative estimate of drug-likeness (QED) is 0.895. The molecule has 0 saturated carbocycles. The monoisotopic (exact) mass is 315 g/mol. The Kier molecular flexibility index (Phi) is 3.88. The van der Waals surface area contributed by atoms with Gasteiger partial charge in [0.25, 0.3) is 0 Å². The van der Waals surface area contributed by atoms with E-state index in [-0.39, 0.29) is 18.0 Å². The number of carboxylic acids is 1. The molecule has 7 nitrogen and oxygen atoms in total. The molecule has 0 spiro atoms. The smallest absolute Gasteiger partial charge is 0.310 e. The Morgan fingerprint density at radius 3 is 2.48 bits per heavy atom. The van der Waals surface area contributed by atoms with Crippen LogP contribution in [-0.4, -0.2) is 46.7 Å². The molecule has 1 unspecified atom stereocenters. The Bertz CT molecular complexity index is 680. The molecule has 0 bridgehead atoms. The number of aliphatic carboxylic acids is 1. The molecule has 0 amide bonds. The molecule has 2 rings (SSSR count). The molecule has 1 aromatic rings. The van der Waals surface area contributed by atoms with Crippen molar-refractivity contribution in [2.75, 3.05) is 13.1 Å². The standard InChI is InChI=1S/C13H21N3O4S/c1-5-16-10(3)11(9(2)14-16)21(19,20)15-7-6-13(4,8-15)12(17)18/h5-8H2,1-4H3,(H,17,18). The van der Waals surface area contributed by atoms with E-state index in [2.05, 4.69) is 5.10 Å². The second kappa shape index (κ2) is 5.10. The van der Waals surface area contributed by atoms with Crippen LogP contribution in [0.4, 0.5) is 0 Å². The summed E-state index contributed by atoms with van der Waals surface area (Å²) in [6, 6.07) is 0. The van der Waals surface area contributed by atoms with Gasteiger partial charge in [0, 0.05) is 19.6 Å². The highest BCUT2D eigenvalue weighted by Crippen LogP contribution is 2.35. The molecule has 0 aliphatic carbocycles. The van der Waals surface area contributed by atoms with Crippen LogP contribution >= 0.6 is 0 Å². The summed E-state index contributed by atoms with van der Waals surface area (Å²) >= 11 is 0. The van der Waals surface area contributed by atoms with Gasteiger partial charge >= 0.3 is 5.97 Å². The summed E-state index contributed by atoms with van der Waals surface area (Å²) in [6.07, 6.45) is 0.321. The van der Waals surface area contributed by atoms with Gasteiger partial charge in [0.05, 0.1) is 16.8 Å². The lowest BCUT2D eigenvalue weighted by molar-refractivity contribution is -0.146. The molecule has 1 aromatic heterocycles. The highest BCUT2D eigenvalue weighted by atomic mass is 32.2. The van der Waals surface area contributed by atoms with Crippen LogP contribution in [0.1, 0.15) is 31.7 Å². The van der Waals surface area contributed by atoms with Gasteiger partial charge in [0.2, 0.25) is 10.0 Å². The molecule has 2 heterocycles. The third-order valence-electron chi connectivity index (χ3n) is 4.17. The van der Waals surface area contributed by atoms with E-state index in [0.29, 0.717) is 24.4 Å². The van der Waals surface area contributed by atoms with Gasteiger partial charge < -0.3 is 5.11 Å². The van der Waals surface area contributed by atoms with Gasteiger partial charge in [-0.15, -0.1) is 0 Å². The molecular weight excluding hydrogens is 294 g/mol. The molecule has 0 radical (unpaired) electrons. The number of sulfonamides is 1. The van der Waals surface area contributed by atoms with Crippen LogP contribution in [0.15, 0.2) is 4.90 Å². The third-order valence-corrected chi connectivity index (χ3v) is 6.27. The number of aryl methyl sites for hydroxylation is 2. The highest BCUT2D eigenvalue weighted by Gasteiger charge is 2.45. The highest BCUT2D eigenvalue weighted by molar-refractivity contribution is 7.89. The van der Waals surface area contributed by atoms with E-state index in [4.69, 9.17) is 0 Å². The predicted molar refractivity (Wildman–Crippen MR) is 76.5 cm³/mol. The van der Waals surface area contributed by atoms with Crippen molar-refractivity contribution >= 4 is 16.0 Å². The van der Waals surface area contributed by atoms with Gasteiger partial charge in [-0.25, -0.2) is 8.42 Å². The molecule has 21 heavy (non-hydrogen) atoms. The zero-order chi connectivity index (χ0) is 16.0. The van der Waals surface area contributed by atoms with Crippen molar-refractivity contribution in [3.05, 3.63) is 11.4 Å². The maximum absolute atomic E-state index is 12.8. The van der Waals surface area contributed by atoms with Crippen molar-refractivity contribution in [3.8, 4) is 0 Å². The summed E-state index contributed by atoms with van der Waals surface area (Å²) in [6.45, 7) is 7.69. The van der Waals surface area contributed by atoms with Gasteiger partial charge in [-0.2, -0.15) is 9.40 Å². The van der Waals surface area contributed by atoms with Crippen LogP contribution in [-0.2, 0) is 21.4 Å². The molecule has 0 aromatic carbocycles. The minimum Gasteiger partial charge on any atom is -0.481 e. The minimum absolute atomic E-state index is 0.000845. The summed E-state index contributed by atoms with van der Waals surface area (Å²) in [4.78, 5) is 11.5. The van der Waals surface area contributed by atoms with E-state index in [0.717, 1.165) is 0 Å². The van der Waals surface area contributed by atoms with Crippen LogP contribution in [0.3, 0.4) is 0 Å². The predicted octanol–water partition coefficient (Wildman–Crippen LogP) is 1.01. The number of aromatic nitrogens is 2. The number of carbonyl (C=O) groups is 1. The topological polar surface area (TPSA) is 92.5 Å². The first-order valence-corrected chi connectivity index (χ1v) is 8.35. The Labute approximate surface area is 124 Å². The molecule has 1 atom stereocenters. The molecule has 1 aliphatic rings. The number of rotatable bonds is 4. The van der Waals surface area contributed by atoms with Crippen molar-refractivity contribution in [2.24, 2.45) is 5.41 Å². The maximum atomic E-state index is 12.8. The van der Waals surface area contributed by atoms with Crippen molar-refractivity contribution in [1.29, 1.82) is 0 Å². The largest absolute Gasteiger partial charge is 0.481 e. The molecule has 1 aliphatic heterocycles. The van der Waals surface area contributed by atoms with Gasteiger partial charge in [0.1, 0.15) is 4.90 Å². The van der Waals surface area contributed by atoms with Crippen molar-refractivity contribution in [2.45, 2.75) is 45.6 Å². The third kappa shape index (κ3) is 2.46. The average molecular weight is 315 g/mol. The SMILES string of the molecule is CCn1nc(C)c(S(=O)(=O)N2CCC(C)(C(=O)O)C2)c1C. The normalized spacial score (nSPS) is 23.6. The van der Waals surface area contributed by atoms with Crippen LogP contribution in [0.2, 0.25) is 0 Å². The van der Waals surface area contributed by atoms with Crippen LogP contribution in [0, 0.1) is 19.3 Å². The lowest BCUT2D eigenvalue weighted by Crippen LogP contribution is -2.35. The van der Waals surface area contributed by atoms with Crippen LogP contribution < -0.4 is 0 Å². The van der Waals surface area contributed by atoms with Gasteiger partial charge in [0.15, 0.2) is 0 Å². The molecule has 1 saturated heterocycles. The average Bonchev–Trinajstić information content (AvgIpc) is 2.92. The van der Waals surface area contributed by atoms with E-state index < -0.39 is 21.4 Å². The Balaban J connectivity index is 2.41. The van der Waals surface area contributed by atoms with E-state index in [1.807, 2.05) is 6.92 Å². The van der Waals surface area contributed by atoms with Gasteiger partial charge in [-0.05, 0) is 34.1 Å². The van der Waals surface area contributed by atoms with Crippen LogP contribution in [0.5, 0.6) is 0 Å². The number of carboxylic acid groups (broad SMARTS) is 1. The summed E-state index contributed by atoms with van der Waals surface area (Å²) in [5, 5.41) is 13.5. The number of hydrogen-bond acceptors (Lipinski definition) is 4. The second-order valence-corrected chi connectivity index (χ2v) is 7.64. The zero-order valence-corrected chi connectivity index (χ0v) is 13.6. The fraction of sp³-hybridized carbons (Fsp3) is 0.692. The Morgan fingerprint density at radius 1 is 1.43 bits per heavy atom. The van der Waals surface area contributed by atoms with E-state index in [9.17, 15) is 18.3 Å². The zero-order valence-electron chi connectivity index (χ0n) is 12.8. The summed E-state index contributed by atoms with van der Waals surface area (Å²) in [5.74, 6) is -0.960. The lowest BCUT2D eigenvalue weighted by Gasteiger charge is -2.20. The van der Waals surface area contributed by atoms with E-state index in [1.54, 1.807) is 25.5 Å². The first kappa shape index (κ1) is 16.0. The summed E-state index contributed by atoms with van der Waals surface area (Å²) < 4.78 is 28.5. The van der Waals surface area contributed by atoms with Crippen molar-refractivity contribution < 1.29 is 18.3 Å². The van der Waals surface area contributed by atoms with Gasteiger partial charge in [-0.1, -0.05) is 0 Å². The Hall–Kier alpha value is -1.41. The van der Waals surface area contributed by atoms with Gasteiger partial charge in [-0.3, -0.25) is 9.48 Å². The first-order valence-electron chi connectivity index (χ1n) is 6.91. The summed E-state index contributed by atoms with van der Waals surface area (Å²) in [5.41, 5.74) is 0.0347. The van der Waals surface area contributed by atoms with Crippen LogP contribution in [0.25, 0.3) is 0 Å². The van der Waals surface area contributed by atoms with Crippen molar-refractivity contribution in [1.82, 2.24) is 14.1 Å². The number of hydrogen-bond donors (Lipinski definition) is 1. The number of nitrogens with zero attached hydrogens (tertiary/aromatic N) is 3. The van der Waals surface area contributed by atoms with E-state index >= 15 is 0 Å². The fourth-order valence-corrected chi connectivity index (χ4v) is 4.73.